The average Bonchev–Trinajstić information content (AvgIpc) is 2.00. The van der Waals surface area contributed by atoms with Crippen molar-refractivity contribution >= 4 is 41.3 Å². The van der Waals surface area contributed by atoms with Gasteiger partial charge in [-0.15, -0.1) is 11.6 Å². The number of ketones is 1. The third-order valence-electron chi connectivity index (χ3n) is 2.67. The molecule has 0 spiro atoms. The molecule has 12 heavy (non-hydrogen) atoms. The summed E-state index contributed by atoms with van der Waals surface area (Å²) < 4.78 is 0. The molecule has 0 saturated heterocycles. The van der Waals surface area contributed by atoms with E-state index in [1.165, 1.54) is 0 Å². The molecule has 3 heteroatoms. The minimum absolute atomic E-state index is 0. The number of hydrogen-bond donors (Lipinski definition) is 0. The van der Waals surface area contributed by atoms with Crippen molar-refractivity contribution < 1.29 is 4.79 Å². The molecule has 0 bridgehead atoms. The topological polar surface area (TPSA) is 17.1 Å². The van der Waals surface area contributed by atoms with Gasteiger partial charge in [0.25, 0.3) is 0 Å². The first-order chi connectivity index (χ1) is 5.13. The molecule has 2 radical (unpaired) electrons. The number of rotatable bonds is 5. The summed E-state index contributed by atoms with van der Waals surface area (Å²) in [5, 5.41) is 0. The molecule has 0 aromatic rings. The molecule has 72 valence electrons. The van der Waals surface area contributed by atoms with E-state index in [1.807, 2.05) is 0 Å². The van der Waals surface area contributed by atoms with Crippen molar-refractivity contribution in [2.75, 3.05) is 5.88 Å². The van der Waals surface area contributed by atoms with Gasteiger partial charge in [-0.25, -0.2) is 0 Å². The van der Waals surface area contributed by atoms with Crippen LogP contribution >= 0.6 is 11.6 Å². The summed E-state index contributed by atoms with van der Waals surface area (Å²) in [5.41, 5.74) is -0.137. The van der Waals surface area contributed by atoms with Gasteiger partial charge >= 0.3 is 23.9 Å². The van der Waals surface area contributed by atoms with Gasteiger partial charge in [0.2, 0.25) is 0 Å². The van der Waals surface area contributed by atoms with Crippen LogP contribution in [0.1, 0.15) is 40.0 Å². The number of carbonyl (C=O) groups is 1. The first-order valence-corrected chi connectivity index (χ1v) is 4.73. The maximum atomic E-state index is 11.3. The third kappa shape index (κ3) is 3.65. The van der Waals surface area contributed by atoms with E-state index < -0.39 is 0 Å². The van der Waals surface area contributed by atoms with Crippen molar-refractivity contribution in [1.82, 2.24) is 0 Å². The Balaban J connectivity index is 0. The second-order valence-electron chi connectivity index (χ2n) is 2.98. The van der Waals surface area contributed by atoms with Crippen LogP contribution in [0.25, 0.3) is 0 Å². The Bertz CT molecular complexity index is 132. The van der Waals surface area contributed by atoms with Crippen LogP contribution in [0.2, 0.25) is 0 Å². The molecule has 0 aliphatic heterocycles. The fourth-order valence-corrected chi connectivity index (χ4v) is 1.82. The molecule has 0 N–H and O–H groups in total. The van der Waals surface area contributed by atoms with Gasteiger partial charge in [0, 0.05) is 11.3 Å². The van der Waals surface area contributed by atoms with E-state index in [0.29, 0.717) is 5.88 Å². The van der Waals surface area contributed by atoms with E-state index in [9.17, 15) is 4.79 Å². The van der Waals surface area contributed by atoms with Crippen LogP contribution < -0.4 is 0 Å². The Labute approximate surface area is 97.2 Å². The van der Waals surface area contributed by atoms with Crippen LogP contribution in [0.15, 0.2) is 0 Å². The second-order valence-corrected chi connectivity index (χ2v) is 3.36. The van der Waals surface area contributed by atoms with E-state index in [2.05, 4.69) is 13.8 Å². The molecular weight excluding hydrogens is 278 g/mol. The van der Waals surface area contributed by atoms with E-state index in [-0.39, 0.29) is 35.1 Å². The second kappa shape index (κ2) is 7.19. The molecule has 0 amide bonds. The summed E-state index contributed by atoms with van der Waals surface area (Å²) in [6.07, 6.45) is 2.63. The molecule has 0 aromatic heterocycles. The van der Waals surface area contributed by atoms with Gasteiger partial charge < -0.3 is 0 Å². The molecular formula is C9H19ClOSn. The number of carbonyl (C=O) groups excluding carboxylic acids is 1. The Kier molecular flexibility index (Phi) is 9.13. The van der Waals surface area contributed by atoms with Gasteiger partial charge in [-0.2, -0.15) is 0 Å². The van der Waals surface area contributed by atoms with Crippen molar-refractivity contribution in [1.29, 1.82) is 0 Å². The van der Waals surface area contributed by atoms with Crippen molar-refractivity contribution in [3.05, 3.63) is 0 Å². The van der Waals surface area contributed by atoms with Gasteiger partial charge in [0.15, 0.2) is 0 Å². The Morgan fingerprint density at radius 1 is 1.33 bits per heavy atom. The fourth-order valence-electron chi connectivity index (χ4n) is 1.46. The SMILES string of the molecule is CCC(CC)(CCCl)C(C)=O.[SnH2]. The van der Waals surface area contributed by atoms with E-state index in [1.54, 1.807) is 6.92 Å². The molecule has 0 heterocycles. The van der Waals surface area contributed by atoms with Crippen LogP contribution in [-0.4, -0.2) is 35.6 Å². The Morgan fingerprint density at radius 2 is 1.75 bits per heavy atom. The van der Waals surface area contributed by atoms with Gasteiger partial charge in [-0.05, 0) is 26.2 Å². The third-order valence-corrected chi connectivity index (χ3v) is 2.86. The predicted molar refractivity (Wildman–Crippen MR) is 57.6 cm³/mol. The summed E-state index contributed by atoms with van der Waals surface area (Å²) >= 11 is 5.64. The van der Waals surface area contributed by atoms with Crippen molar-refractivity contribution in [2.45, 2.75) is 40.0 Å². The molecule has 0 atom stereocenters. The van der Waals surface area contributed by atoms with Gasteiger partial charge in [0.1, 0.15) is 5.78 Å². The fraction of sp³-hybridized carbons (Fsp3) is 0.889. The monoisotopic (exact) mass is 298 g/mol. The average molecular weight is 297 g/mol. The zero-order chi connectivity index (χ0) is 8.91. The number of Topliss-reactive ketones (excluding diaryl/α,β-unsaturated/α-hetero) is 1. The molecule has 1 nitrogen and oxygen atoms in total. The number of halogens is 1. The minimum atomic E-state index is -0.137. The normalized spacial score (nSPS) is 10.7. The van der Waals surface area contributed by atoms with E-state index in [4.69, 9.17) is 11.6 Å². The standard InChI is InChI=1S/C9H17ClO.Sn.2H/c1-4-9(5-2,6-7-10)8(3)11;;;/h4-7H2,1-3H3;;;. The molecule has 0 rings (SSSR count). The molecule has 0 saturated carbocycles. The van der Waals surface area contributed by atoms with Crippen molar-refractivity contribution in [3.8, 4) is 0 Å². The van der Waals surface area contributed by atoms with Crippen LogP contribution in [0.4, 0.5) is 0 Å². The molecule has 0 aliphatic rings. The number of alkyl halides is 1. The summed E-state index contributed by atoms with van der Waals surface area (Å²) in [4.78, 5) is 11.3. The maximum absolute atomic E-state index is 11.3. The first kappa shape index (κ1) is 15.2. The van der Waals surface area contributed by atoms with E-state index in [0.717, 1.165) is 19.3 Å². The van der Waals surface area contributed by atoms with Gasteiger partial charge in [0.05, 0.1) is 0 Å². The van der Waals surface area contributed by atoms with Crippen molar-refractivity contribution in [3.63, 3.8) is 0 Å². The first-order valence-electron chi connectivity index (χ1n) is 4.20. The summed E-state index contributed by atoms with van der Waals surface area (Å²) in [7, 11) is 0. The predicted octanol–water partition coefficient (Wildman–Crippen LogP) is 2.09. The van der Waals surface area contributed by atoms with Crippen LogP contribution in [0.5, 0.6) is 0 Å². The van der Waals surface area contributed by atoms with E-state index >= 15 is 0 Å². The number of hydrogen-bond acceptors (Lipinski definition) is 1. The quantitative estimate of drug-likeness (QED) is 0.561. The van der Waals surface area contributed by atoms with Crippen molar-refractivity contribution in [2.24, 2.45) is 5.41 Å². The molecule has 0 aliphatic carbocycles. The Morgan fingerprint density at radius 3 is 1.83 bits per heavy atom. The zero-order valence-corrected chi connectivity index (χ0v) is 13.1. The molecule has 0 unspecified atom stereocenters. The van der Waals surface area contributed by atoms with Crippen LogP contribution in [0, 0.1) is 5.41 Å². The summed E-state index contributed by atoms with van der Waals surface area (Å²) in [6.45, 7) is 5.77. The Hall–Kier alpha value is 0.759. The summed E-state index contributed by atoms with van der Waals surface area (Å²) in [6, 6.07) is 0. The summed E-state index contributed by atoms with van der Waals surface area (Å²) in [5.74, 6) is 0.865. The van der Waals surface area contributed by atoms with Gasteiger partial charge in [-0.3, -0.25) is 4.79 Å². The molecule has 0 fully saturated rings. The van der Waals surface area contributed by atoms with Gasteiger partial charge in [-0.1, -0.05) is 13.8 Å². The molecule has 0 aromatic carbocycles. The zero-order valence-electron chi connectivity index (χ0n) is 8.32. The van der Waals surface area contributed by atoms with Crippen LogP contribution in [0.3, 0.4) is 0 Å². The van der Waals surface area contributed by atoms with Crippen LogP contribution in [-0.2, 0) is 4.79 Å².